The molecule has 168 valence electrons. The molecule has 0 saturated carbocycles. The number of carbonyl (C=O) groups excluding carboxylic acids is 1. The van der Waals surface area contributed by atoms with E-state index in [9.17, 15) is 13.2 Å². The van der Waals surface area contributed by atoms with Gasteiger partial charge in [-0.3, -0.25) is 14.1 Å². The number of carbonyl (C=O) groups is 1. The molecule has 8 nitrogen and oxygen atoms in total. The zero-order chi connectivity index (χ0) is 23.3. The van der Waals surface area contributed by atoms with Gasteiger partial charge in [-0.25, -0.2) is 8.42 Å². The quantitative estimate of drug-likeness (QED) is 0.533. The highest BCUT2D eigenvalue weighted by Crippen LogP contribution is 2.27. The molecule has 1 heterocycles. The Bertz CT molecular complexity index is 1150. The Balaban J connectivity index is 1.84. The van der Waals surface area contributed by atoms with Gasteiger partial charge in [-0.1, -0.05) is 17.7 Å². The van der Waals surface area contributed by atoms with Gasteiger partial charge in [-0.2, -0.15) is 0 Å². The first-order valence-electron chi connectivity index (χ1n) is 9.89. The fourth-order valence-corrected chi connectivity index (χ4v) is 4.09. The molecule has 2 aromatic carbocycles. The molecule has 0 radical (unpaired) electrons. The molecular formula is C23H26N4O4S. The zero-order valence-corrected chi connectivity index (χ0v) is 19.0. The minimum atomic E-state index is -3.69. The molecule has 3 rings (SSSR count). The summed E-state index contributed by atoms with van der Waals surface area (Å²) in [6, 6.07) is 16.8. The number of likely N-dealkylation sites (N-methyl/N-ethyl adjacent to an activating group) is 1. The van der Waals surface area contributed by atoms with Crippen LogP contribution in [0.3, 0.4) is 0 Å². The summed E-state index contributed by atoms with van der Waals surface area (Å²) in [4.78, 5) is 17.8. The maximum Gasteiger partial charge on any atom is 0.242 e. The summed E-state index contributed by atoms with van der Waals surface area (Å²) in [5, 5.41) is 0. The van der Waals surface area contributed by atoms with E-state index in [1.807, 2.05) is 31.2 Å². The van der Waals surface area contributed by atoms with Crippen LogP contribution in [0.25, 0.3) is 0 Å². The molecule has 1 atom stereocenters. The Morgan fingerprint density at radius 1 is 0.969 bits per heavy atom. The topological polar surface area (TPSA) is 106 Å². The van der Waals surface area contributed by atoms with E-state index in [1.165, 1.54) is 0 Å². The van der Waals surface area contributed by atoms with E-state index in [-0.39, 0.29) is 6.54 Å². The zero-order valence-electron chi connectivity index (χ0n) is 18.2. The Kier molecular flexibility index (Phi) is 6.99. The van der Waals surface area contributed by atoms with Gasteiger partial charge in [0.1, 0.15) is 17.5 Å². The summed E-state index contributed by atoms with van der Waals surface area (Å²) in [6.45, 7) is 1.84. The average molecular weight is 455 g/mol. The van der Waals surface area contributed by atoms with Crippen LogP contribution in [0.2, 0.25) is 0 Å². The van der Waals surface area contributed by atoms with Gasteiger partial charge in [0.15, 0.2) is 0 Å². The van der Waals surface area contributed by atoms with Crippen molar-refractivity contribution in [1.82, 2.24) is 4.98 Å². The fraction of sp³-hybridized carbons (Fsp3) is 0.217. The fourth-order valence-electron chi connectivity index (χ4n) is 3.17. The molecule has 0 aliphatic rings. The van der Waals surface area contributed by atoms with Gasteiger partial charge in [0, 0.05) is 25.1 Å². The predicted molar refractivity (Wildman–Crippen MR) is 126 cm³/mol. The molecule has 1 amide bonds. The Morgan fingerprint density at radius 2 is 1.50 bits per heavy atom. The van der Waals surface area contributed by atoms with Crippen LogP contribution in [0.5, 0.6) is 11.5 Å². The highest BCUT2D eigenvalue weighted by molar-refractivity contribution is 7.92. The number of nitrogens with zero attached hydrogens (tertiary/aromatic N) is 3. The monoisotopic (exact) mass is 454 g/mol. The second-order valence-electron chi connectivity index (χ2n) is 7.44. The van der Waals surface area contributed by atoms with E-state index >= 15 is 0 Å². The summed E-state index contributed by atoms with van der Waals surface area (Å²) in [5.41, 5.74) is 7.84. The van der Waals surface area contributed by atoms with Gasteiger partial charge >= 0.3 is 0 Å². The molecule has 0 unspecified atom stereocenters. The number of hydrogen-bond acceptors (Lipinski definition) is 6. The number of amides is 1. The Morgan fingerprint density at radius 3 is 2.00 bits per heavy atom. The first-order valence-corrected chi connectivity index (χ1v) is 11.7. The molecule has 0 spiro atoms. The lowest BCUT2D eigenvalue weighted by Crippen LogP contribution is -2.51. The van der Waals surface area contributed by atoms with Crippen LogP contribution in [-0.2, 0) is 14.8 Å². The van der Waals surface area contributed by atoms with Crippen molar-refractivity contribution in [1.29, 1.82) is 0 Å². The number of rotatable bonds is 9. The lowest BCUT2D eigenvalue weighted by molar-refractivity contribution is -0.119. The van der Waals surface area contributed by atoms with Gasteiger partial charge in [-0.05, 0) is 55.5 Å². The van der Waals surface area contributed by atoms with Crippen molar-refractivity contribution < 1.29 is 17.9 Å². The number of primary amides is 1. The number of anilines is 2. The van der Waals surface area contributed by atoms with Gasteiger partial charge in [0.25, 0.3) is 0 Å². The average Bonchev–Trinajstić information content (AvgIpc) is 2.76. The third-order valence-electron chi connectivity index (χ3n) is 4.99. The number of benzene rings is 2. The van der Waals surface area contributed by atoms with Crippen molar-refractivity contribution in [3.63, 3.8) is 0 Å². The van der Waals surface area contributed by atoms with Crippen LogP contribution >= 0.6 is 0 Å². The molecule has 0 bridgehead atoms. The van der Waals surface area contributed by atoms with Gasteiger partial charge < -0.3 is 15.4 Å². The van der Waals surface area contributed by atoms with Crippen LogP contribution in [0.4, 0.5) is 11.4 Å². The standard InChI is InChI=1S/C23H26N4O4S/c1-17-4-8-20(9-5-17)31-21-10-6-19(7-11-21)27(32(3,29)30)16-22(23(24)28)26(2)18-12-14-25-15-13-18/h4-15,22H,16H2,1-3H3,(H2,24,28)/t22-/m0/s1. The molecule has 1 aromatic heterocycles. The minimum absolute atomic E-state index is 0.148. The molecular weight excluding hydrogens is 428 g/mol. The number of hydrogen-bond donors (Lipinski definition) is 1. The van der Waals surface area contributed by atoms with E-state index < -0.39 is 22.0 Å². The number of aryl methyl sites for hydroxylation is 1. The molecule has 32 heavy (non-hydrogen) atoms. The van der Waals surface area contributed by atoms with Crippen LogP contribution in [0.1, 0.15) is 5.56 Å². The molecule has 0 aliphatic carbocycles. The van der Waals surface area contributed by atoms with E-state index in [4.69, 9.17) is 10.5 Å². The van der Waals surface area contributed by atoms with Crippen molar-refractivity contribution >= 4 is 27.3 Å². The van der Waals surface area contributed by atoms with Gasteiger partial charge in [-0.15, -0.1) is 0 Å². The highest BCUT2D eigenvalue weighted by atomic mass is 32.2. The van der Waals surface area contributed by atoms with E-state index in [0.29, 0.717) is 22.9 Å². The lowest BCUT2D eigenvalue weighted by atomic mass is 10.2. The number of nitrogens with two attached hydrogens (primary N) is 1. The first-order chi connectivity index (χ1) is 15.1. The number of pyridine rings is 1. The second-order valence-corrected chi connectivity index (χ2v) is 9.34. The third-order valence-corrected chi connectivity index (χ3v) is 6.15. The highest BCUT2D eigenvalue weighted by Gasteiger charge is 2.28. The van der Waals surface area contributed by atoms with E-state index in [2.05, 4.69) is 4.98 Å². The molecule has 9 heteroatoms. The molecule has 3 aromatic rings. The molecule has 0 saturated heterocycles. The summed E-state index contributed by atoms with van der Waals surface area (Å²) in [5.74, 6) is 0.597. The summed E-state index contributed by atoms with van der Waals surface area (Å²) < 4.78 is 32.1. The van der Waals surface area contributed by atoms with Crippen LogP contribution < -0.4 is 19.7 Å². The largest absolute Gasteiger partial charge is 0.457 e. The maximum atomic E-state index is 12.6. The Labute approximate surface area is 188 Å². The van der Waals surface area contributed by atoms with Crippen molar-refractivity contribution in [2.45, 2.75) is 13.0 Å². The molecule has 2 N–H and O–H groups in total. The number of ether oxygens (including phenoxy) is 1. The first kappa shape index (κ1) is 23.1. The number of sulfonamides is 1. The van der Waals surface area contributed by atoms with Crippen LogP contribution in [0.15, 0.2) is 73.1 Å². The molecule has 0 aliphatic heterocycles. The van der Waals surface area contributed by atoms with Gasteiger partial charge in [0.2, 0.25) is 15.9 Å². The van der Waals surface area contributed by atoms with Crippen molar-refractivity contribution in [3.8, 4) is 11.5 Å². The SMILES string of the molecule is Cc1ccc(Oc2ccc(N(C[C@@H](C(N)=O)N(C)c3ccncc3)S(C)(=O)=O)cc2)cc1. The van der Waals surface area contributed by atoms with E-state index in [1.54, 1.807) is 60.7 Å². The van der Waals surface area contributed by atoms with Crippen molar-refractivity contribution in [2.24, 2.45) is 5.73 Å². The summed E-state index contributed by atoms with van der Waals surface area (Å²) in [7, 11) is -2.01. The van der Waals surface area contributed by atoms with Crippen LogP contribution in [0, 0.1) is 6.92 Å². The smallest absolute Gasteiger partial charge is 0.242 e. The van der Waals surface area contributed by atoms with E-state index in [0.717, 1.165) is 16.1 Å². The molecule has 0 fully saturated rings. The number of aromatic nitrogens is 1. The van der Waals surface area contributed by atoms with Crippen molar-refractivity contribution in [3.05, 3.63) is 78.6 Å². The van der Waals surface area contributed by atoms with Crippen molar-refractivity contribution in [2.75, 3.05) is 29.1 Å². The minimum Gasteiger partial charge on any atom is -0.457 e. The summed E-state index contributed by atoms with van der Waals surface area (Å²) >= 11 is 0. The third kappa shape index (κ3) is 5.76. The second kappa shape index (κ2) is 9.69. The summed E-state index contributed by atoms with van der Waals surface area (Å²) in [6.07, 6.45) is 4.27. The van der Waals surface area contributed by atoms with Crippen LogP contribution in [-0.4, -0.2) is 45.2 Å². The maximum absolute atomic E-state index is 12.6. The normalized spacial score (nSPS) is 12.1. The predicted octanol–water partition coefficient (Wildman–Crippen LogP) is 2.94. The Hall–Kier alpha value is -3.59. The lowest BCUT2D eigenvalue weighted by Gasteiger charge is -2.32. The van der Waals surface area contributed by atoms with Gasteiger partial charge in [0.05, 0.1) is 18.5 Å².